The molecule has 0 bridgehead atoms. The molecule has 0 amide bonds. The van der Waals surface area contributed by atoms with E-state index in [4.69, 9.17) is 9.47 Å². The van der Waals surface area contributed by atoms with Gasteiger partial charge in [0.25, 0.3) is 0 Å². The van der Waals surface area contributed by atoms with Crippen LogP contribution in [0.4, 0.5) is 0 Å². The second-order valence-corrected chi connectivity index (χ2v) is 8.56. The fourth-order valence-corrected chi connectivity index (χ4v) is 3.09. The maximum Gasteiger partial charge on any atom is 0.213 e. The van der Waals surface area contributed by atoms with Gasteiger partial charge < -0.3 is 14.8 Å². The van der Waals surface area contributed by atoms with Crippen molar-refractivity contribution < 1.29 is 17.9 Å². The number of unbranched alkanes of at least 4 members (excludes halogenated alkanes) is 2. The zero-order valence-electron chi connectivity index (χ0n) is 15.8. The van der Waals surface area contributed by atoms with E-state index in [1.807, 2.05) is 18.2 Å². The predicted octanol–water partition coefficient (Wildman–Crippen LogP) is 2.33. The van der Waals surface area contributed by atoms with E-state index in [-0.39, 0.29) is 5.25 Å². The highest BCUT2D eigenvalue weighted by Crippen LogP contribution is 2.27. The number of hydrogen-bond donors (Lipinski definition) is 2. The molecule has 0 unspecified atom stereocenters. The molecule has 2 N–H and O–H groups in total. The van der Waals surface area contributed by atoms with Crippen molar-refractivity contribution in [2.75, 3.05) is 33.9 Å². The highest BCUT2D eigenvalue weighted by Gasteiger charge is 2.13. The van der Waals surface area contributed by atoms with Crippen molar-refractivity contribution in [3.63, 3.8) is 0 Å². The van der Waals surface area contributed by atoms with Gasteiger partial charge in [0.1, 0.15) is 0 Å². The van der Waals surface area contributed by atoms with Crippen molar-refractivity contribution in [1.82, 2.24) is 10.0 Å². The average molecular weight is 373 g/mol. The third kappa shape index (κ3) is 8.07. The van der Waals surface area contributed by atoms with Gasteiger partial charge in [0.15, 0.2) is 11.5 Å². The lowest BCUT2D eigenvalue weighted by Crippen LogP contribution is -2.31. The molecule has 1 aromatic carbocycles. The molecule has 0 aliphatic rings. The van der Waals surface area contributed by atoms with E-state index in [1.165, 1.54) is 5.56 Å². The third-order valence-corrected chi connectivity index (χ3v) is 5.84. The number of methoxy groups -OCH3 is 2. The van der Waals surface area contributed by atoms with Crippen LogP contribution in [0.25, 0.3) is 0 Å². The molecule has 1 aromatic rings. The number of ether oxygens (including phenoxy) is 2. The van der Waals surface area contributed by atoms with Gasteiger partial charge >= 0.3 is 0 Å². The van der Waals surface area contributed by atoms with E-state index in [0.717, 1.165) is 50.3 Å². The number of hydrogen-bond acceptors (Lipinski definition) is 5. The van der Waals surface area contributed by atoms with Gasteiger partial charge in [-0.2, -0.15) is 0 Å². The second kappa shape index (κ2) is 11.3. The SMILES string of the molecule is COc1ccc(CCNCCCCCNS(=O)(=O)C(C)C)cc1OC. The van der Waals surface area contributed by atoms with Gasteiger partial charge in [-0.3, -0.25) is 0 Å². The molecular weight excluding hydrogens is 340 g/mol. The summed E-state index contributed by atoms with van der Waals surface area (Å²) in [4.78, 5) is 0. The first-order valence-electron chi connectivity index (χ1n) is 8.80. The lowest BCUT2D eigenvalue weighted by Gasteiger charge is -2.10. The molecule has 0 fully saturated rings. The van der Waals surface area contributed by atoms with Crippen LogP contribution in [-0.2, 0) is 16.4 Å². The fraction of sp³-hybridized carbons (Fsp3) is 0.667. The predicted molar refractivity (Wildman–Crippen MR) is 102 cm³/mol. The minimum atomic E-state index is -3.13. The average Bonchev–Trinajstić information content (AvgIpc) is 2.59. The Labute approximate surface area is 152 Å². The Kier molecular flexibility index (Phi) is 9.85. The summed E-state index contributed by atoms with van der Waals surface area (Å²) >= 11 is 0. The van der Waals surface area contributed by atoms with Crippen molar-refractivity contribution in [1.29, 1.82) is 0 Å². The Morgan fingerprint density at radius 3 is 2.28 bits per heavy atom. The normalized spacial score (nSPS) is 11.7. The summed E-state index contributed by atoms with van der Waals surface area (Å²) in [6.45, 7) is 5.72. The van der Waals surface area contributed by atoms with Crippen LogP contribution in [0, 0.1) is 0 Å². The molecule has 25 heavy (non-hydrogen) atoms. The van der Waals surface area contributed by atoms with E-state index >= 15 is 0 Å². The maximum absolute atomic E-state index is 11.6. The van der Waals surface area contributed by atoms with Crippen molar-refractivity contribution in [2.24, 2.45) is 0 Å². The molecule has 0 radical (unpaired) electrons. The minimum Gasteiger partial charge on any atom is -0.493 e. The molecule has 7 heteroatoms. The summed E-state index contributed by atoms with van der Waals surface area (Å²) in [7, 11) is 0.146. The lowest BCUT2D eigenvalue weighted by atomic mass is 10.1. The zero-order valence-corrected chi connectivity index (χ0v) is 16.6. The molecule has 1 rings (SSSR count). The highest BCUT2D eigenvalue weighted by molar-refractivity contribution is 7.90. The largest absolute Gasteiger partial charge is 0.493 e. The topological polar surface area (TPSA) is 76.7 Å². The number of sulfonamides is 1. The van der Waals surface area contributed by atoms with Crippen LogP contribution in [-0.4, -0.2) is 47.5 Å². The van der Waals surface area contributed by atoms with Gasteiger partial charge in [-0.15, -0.1) is 0 Å². The summed E-state index contributed by atoms with van der Waals surface area (Å²) in [5.41, 5.74) is 1.20. The Hall–Kier alpha value is -1.31. The number of nitrogens with one attached hydrogen (secondary N) is 2. The van der Waals surface area contributed by atoms with Crippen molar-refractivity contribution >= 4 is 10.0 Å². The molecule has 0 aliphatic heterocycles. The molecule has 0 atom stereocenters. The Morgan fingerprint density at radius 2 is 1.64 bits per heavy atom. The summed E-state index contributed by atoms with van der Waals surface area (Å²) < 4.78 is 36.3. The second-order valence-electron chi connectivity index (χ2n) is 6.24. The van der Waals surface area contributed by atoms with E-state index in [2.05, 4.69) is 10.0 Å². The molecule has 144 valence electrons. The molecule has 0 aliphatic carbocycles. The molecule has 0 aromatic heterocycles. The number of rotatable bonds is 13. The van der Waals surface area contributed by atoms with Gasteiger partial charge in [0, 0.05) is 6.54 Å². The molecule has 0 saturated carbocycles. The maximum atomic E-state index is 11.6. The quantitative estimate of drug-likeness (QED) is 0.520. The smallest absolute Gasteiger partial charge is 0.213 e. The first-order valence-corrected chi connectivity index (χ1v) is 10.4. The molecule has 0 heterocycles. The van der Waals surface area contributed by atoms with Crippen LogP contribution >= 0.6 is 0 Å². The van der Waals surface area contributed by atoms with E-state index in [9.17, 15) is 8.42 Å². The van der Waals surface area contributed by atoms with Crippen LogP contribution in [0.15, 0.2) is 18.2 Å². The first kappa shape index (κ1) is 21.7. The van der Waals surface area contributed by atoms with E-state index in [0.29, 0.717) is 6.54 Å². The minimum absolute atomic E-state index is 0.370. The van der Waals surface area contributed by atoms with Gasteiger partial charge in [0.05, 0.1) is 19.5 Å². The molecular formula is C18H32N2O4S. The lowest BCUT2D eigenvalue weighted by molar-refractivity contribution is 0.354. The molecule has 6 nitrogen and oxygen atoms in total. The molecule has 0 spiro atoms. The van der Waals surface area contributed by atoms with Crippen molar-refractivity contribution in [3.8, 4) is 11.5 Å². The van der Waals surface area contributed by atoms with Gasteiger partial charge in [-0.05, 0) is 63.9 Å². The van der Waals surface area contributed by atoms with Crippen molar-refractivity contribution in [3.05, 3.63) is 23.8 Å². The Balaban J connectivity index is 2.11. The monoisotopic (exact) mass is 372 g/mol. The van der Waals surface area contributed by atoms with E-state index < -0.39 is 10.0 Å². The van der Waals surface area contributed by atoms with Gasteiger partial charge in [-0.1, -0.05) is 12.5 Å². The molecule has 0 saturated heterocycles. The highest BCUT2D eigenvalue weighted by atomic mass is 32.2. The van der Waals surface area contributed by atoms with Crippen LogP contribution in [0.2, 0.25) is 0 Å². The summed E-state index contributed by atoms with van der Waals surface area (Å²) in [5.74, 6) is 1.50. The van der Waals surface area contributed by atoms with Gasteiger partial charge in [-0.25, -0.2) is 13.1 Å². The Bertz CT molecular complexity index is 603. The van der Waals surface area contributed by atoms with Crippen molar-refractivity contribution in [2.45, 2.75) is 44.8 Å². The Morgan fingerprint density at radius 1 is 0.960 bits per heavy atom. The zero-order chi connectivity index (χ0) is 18.7. The fourth-order valence-electron chi connectivity index (χ4n) is 2.33. The van der Waals surface area contributed by atoms with Gasteiger partial charge in [0.2, 0.25) is 10.0 Å². The van der Waals surface area contributed by atoms with Crippen LogP contribution in [0.5, 0.6) is 11.5 Å². The number of benzene rings is 1. The van der Waals surface area contributed by atoms with Crippen LogP contribution in [0.1, 0.15) is 38.7 Å². The van der Waals surface area contributed by atoms with Crippen LogP contribution < -0.4 is 19.5 Å². The summed E-state index contributed by atoms with van der Waals surface area (Å²) in [6, 6.07) is 5.97. The summed E-state index contributed by atoms with van der Waals surface area (Å²) in [5, 5.41) is 3.04. The third-order valence-electron chi connectivity index (χ3n) is 3.99. The van der Waals surface area contributed by atoms with E-state index in [1.54, 1.807) is 28.1 Å². The van der Waals surface area contributed by atoms with Crippen LogP contribution in [0.3, 0.4) is 0 Å². The standard InChI is InChI=1S/C18H32N2O4S/c1-15(2)25(21,22)20-12-7-5-6-11-19-13-10-16-8-9-17(23-3)18(14-16)24-4/h8-9,14-15,19-20H,5-7,10-13H2,1-4H3. The first-order chi connectivity index (χ1) is 11.9. The summed E-state index contributed by atoms with van der Waals surface area (Å²) in [6.07, 6.45) is 3.83.